The van der Waals surface area contributed by atoms with Crippen molar-refractivity contribution in [3.63, 3.8) is 0 Å². The van der Waals surface area contributed by atoms with Crippen LogP contribution >= 0.6 is 0 Å². The molecule has 1 saturated carbocycles. The molecule has 0 unspecified atom stereocenters. The van der Waals surface area contributed by atoms with E-state index in [-0.39, 0.29) is 0 Å². The number of hydrogen-bond acceptors (Lipinski definition) is 5. The van der Waals surface area contributed by atoms with Crippen LogP contribution in [0.2, 0.25) is 0 Å². The van der Waals surface area contributed by atoms with Crippen LogP contribution in [0.1, 0.15) is 40.9 Å². The van der Waals surface area contributed by atoms with Crippen molar-refractivity contribution in [2.45, 2.75) is 24.7 Å². The van der Waals surface area contributed by atoms with Crippen LogP contribution in [0.4, 0.5) is 0 Å². The molecule has 1 aromatic heterocycles. The first-order chi connectivity index (χ1) is 15.2. The second kappa shape index (κ2) is 7.61. The number of benzene rings is 2. The van der Waals surface area contributed by atoms with Crippen molar-refractivity contribution in [2.75, 3.05) is 14.2 Å². The topological polar surface area (TPSA) is 79.7 Å². The van der Waals surface area contributed by atoms with Crippen molar-refractivity contribution in [2.24, 2.45) is 11.1 Å². The van der Waals surface area contributed by atoms with Gasteiger partial charge in [-0.25, -0.2) is 0 Å². The van der Waals surface area contributed by atoms with E-state index in [2.05, 4.69) is 51.8 Å². The molecule has 0 saturated heterocycles. The number of methoxy groups -OCH3 is 2. The molecule has 1 fully saturated rings. The molecule has 2 aromatic carbocycles. The van der Waals surface area contributed by atoms with Gasteiger partial charge in [-0.05, 0) is 48.2 Å². The SMILES string of the molecule is COc1cccc(C2(c3cccc(OC)c3)C=Cc3c(C(=NO)C4CC4)n[nH]c3C2)c1. The zero-order valence-corrected chi connectivity index (χ0v) is 17.6. The van der Waals surface area contributed by atoms with E-state index < -0.39 is 5.41 Å². The van der Waals surface area contributed by atoms with Gasteiger partial charge in [0.2, 0.25) is 0 Å². The summed E-state index contributed by atoms with van der Waals surface area (Å²) in [4.78, 5) is 0. The van der Waals surface area contributed by atoms with Crippen LogP contribution in [0, 0.1) is 5.92 Å². The Morgan fingerprint density at radius 2 is 1.71 bits per heavy atom. The molecule has 1 heterocycles. The maximum Gasteiger partial charge on any atom is 0.119 e. The zero-order valence-electron chi connectivity index (χ0n) is 17.6. The molecule has 0 amide bonds. The van der Waals surface area contributed by atoms with Crippen LogP contribution in [-0.2, 0) is 11.8 Å². The lowest BCUT2D eigenvalue weighted by atomic mass is 9.68. The molecular formula is C25H25N3O3. The summed E-state index contributed by atoms with van der Waals surface area (Å²) < 4.78 is 11.0. The quantitative estimate of drug-likeness (QED) is 0.351. The molecule has 6 heteroatoms. The second-order valence-corrected chi connectivity index (χ2v) is 8.17. The minimum absolute atomic E-state index is 0.300. The van der Waals surface area contributed by atoms with E-state index in [4.69, 9.17) is 9.47 Å². The molecule has 0 radical (unpaired) electrons. The first-order valence-corrected chi connectivity index (χ1v) is 10.5. The van der Waals surface area contributed by atoms with Gasteiger partial charge in [0.25, 0.3) is 0 Å². The van der Waals surface area contributed by atoms with E-state index in [0.717, 1.165) is 52.4 Å². The number of fused-ring (bicyclic) bond motifs is 1. The monoisotopic (exact) mass is 415 g/mol. The molecule has 0 bridgehead atoms. The number of aromatic nitrogens is 2. The Morgan fingerprint density at radius 3 is 2.26 bits per heavy atom. The number of oxime groups is 1. The summed E-state index contributed by atoms with van der Waals surface area (Å²) in [5.41, 5.74) is 5.27. The van der Waals surface area contributed by atoms with Crippen LogP contribution < -0.4 is 9.47 Å². The highest BCUT2D eigenvalue weighted by Gasteiger charge is 2.39. The molecule has 158 valence electrons. The van der Waals surface area contributed by atoms with Gasteiger partial charge in [0.05, 0.1) is 14.2 Å². The summed E-state index contributed by atoms with van der Waals surface area (Å²) in [6, 6.07) is 16.3. The number of hydrogen-bond donors (Lipinski definition) is 2. The lowest BCUT2D eigenvalue weighted by molar-refractivity contribution is 0.317. The predicted molar refractivity (Wildman–Crippen MR) is 119 cm³/mol. The van der Waals surface area contributed by atoms with Crippen molar-refractivity contribution >= 4 is 11.8 Å². The van der Waals surface area contributed by atoms with E-state index in [1.807, 2.05) is 24.3 Å². The highest BCUT2D eigenvalue weighted by Crippen LogP contribution is 2.44. The maximum atomic E-state index is 9.57. The molecule has 0 aliphatic heterocycles. The van der Waals surface area contributed by atoms with E-state index in [1.165, 1.54) is 0 Å². The summed E-state index contributed by atoms with van der Waals surface area (Å²) in [6.07, 6.45) is 7.10. The number of nitrogens with zero attached hydrogens (tertiary/aromatic N) is 2. The normalized spacial score (nSPS) is 17.3. The zero-order chi connectivity index (χ0) is 21.4. The lowest BCUT2D eigenvalue weighted by Crippen LogP contribution is -2.30. The predicted octanol–water partition coefficient (Wildman–Crippen LogP) is 4.57. The van der Waals surface area contributed by atoms with Gasteiger partial charge < -0.3 is 14.7 Å². The maximum absolute atomic E-state index is 9.57. The summed E-state index contributed by atoms with van der Waals surface area (Å²) in [5, 5.41) is 20.9. The van der Waals surface area contributed by atoms with E-state index in [0.29, 0.717) is 18.1 Å². The second-order valence-electron chi connectivity index (χ2n) is 8.17. The van der Waals surface area contributed by atoms with Gasteiger partial charge in [-0.1, -0.05) is 41.6 Å². The Hall–Kier alpha value is -3.54. The third-order valence-electron chi connectivity index (χ3n) is 6.36. The van der Waals surface area contributed by atoms with Gasteiger partial charge in [-0.15, -0.1) is 0 Å². The molecule has 0 spiro atoms. The molecular weight excluding hydrogens is 390 g/mol. The average molecular weight is 415 g/mol. The third kappa shape index (κ3) is 3.28. The third-order valence-corrected chi connectivity index (χ3v) is 6.36. The number of H-pyrrole nitrogens is 1. The molecule has 0 atom stereocenters. The number of aromatic amines is 1. The van der Waals surface area contributed by atoms with Gasteiger partial charge in [-0.3, -0.25) is 5.10 Å². The van der Waals surface area contributed by atoms with Crippen molar-refractivity contribution in [3.8, 4) is 11.5 Å². The molecule has 2 aliphatic rings. The number of rotatable bonds is 6. The Kier molecular flexibility index (Phi) is 4.77. The first kappa shape index (κ1) is 19.4. The fraction of sp³-hybridized carbons (Fsp3) is 0.280. The van der Waals surface area contributed by atoms with Crippen molar-refractivity contribution in [3.05, 3.63) is 82.7 Å². The minimum Gasteiger partial charge on any atom is -0.497 e. The summed E-state index contributed by atoms with van der Waals surface area (Å²) >= 11 is 0. The molecule has 2 aliphatic carbocycles. The minimum atomic E-state index is -0.421. The van der Waals surface area contributed by atoms with Gasteiger partial charge in [-0.2, -0.15) is 5.10 Å². The van der Waals surface area contributed by atoms with E-state index in [1.54, 1.807) is 14.2 Å². The van der Waals surface area contributed by atoms with Gasteiger partial charge >= 0.3 is 0 Å². The largest absolute Gasteiger partial charge is 0.497 e. The Bertz CT molecular complexity index is 1130. The van der Waals surface area contributed by atoms with Gasteiger partial charge in [0, 0.05) is 29.0 Å². The van der Waals surface area contributed by atoms with Crippen molar-refractivity contribution in [1.82, 2.24) is 10.2 Å². The fourth-order valence-corrected chi connectivity index (χ4v) is 4.50. The molecule has 3 aromatic rings. The molecule has 6 nitrogen and oxygen atoms in total. The smallest absolute Gasteiger partial charge is 0.119 e. The van der Waals surface area contributed by atoms with Gasteiger partial charge in [0.15, 0.2) is 0 Å². The number of allylic oxidation sites excluding steroid dienone is 1. The first-order valence-electron chi connectivity index (χ1n) is 10.5. The van der Waals surface area contributed by atoms with Crippen LogP contribution in [0.25, 0.3) is 6.08 Å². The average Bonchev–Trinajstić information content (AvgIpc) is 3.59. The summed E-state index contributed by atoms with van der Waals surface area (Å²) in [5.74, 6) is 1.93. The van der Waals surface area contributed by atoms with Crippen molar-refractivity contribution in [1.29, 1.82) is 0 Å². The Labute approximate surface area is 181 Å². The number of nitrogens with one attached hydrogen (secondary N) is 1. The fourth-order valence-electron chi connectivity index (χ4n) is 4.50. The van der Waals surface area contributed by atoms with Crippen molar-refractivity contribution < 1.29 is 14.7 Å². The van der Waals surface area contributed by atoms with Crippen LogP contribution in [0.15, 0.2) is 59.8 Å². The lowest BCUT2D eigenvalue weighted by Gasteiger charge is -2.35. The number of ether oxygens (including phenoxy) is 2. The van der Waals surface area contributed by atoms with Crippen LogP contribution in [0.5, 0.6) is 11.5 Å². The standard InChI is InChI=1S/C25H25N3O3/c1-30-19-7-3-5-17(13-19)25(18-6-4-8-20(14-18)31-2)12-11-21-22(15-25)26-27-24(21)23(28-29)16-9-10-16/h3-8,11-14,16,29H,9-10,15H2,1-2H3,(H,26,27). The summed E-state index contributed by atoms with van der Waals surface area (Å²) in [6.45, 7) is 0. The Balaban J connectivity index is 1.65. The highest BCUT2D eigenvalue weighted by atomic mass is 16.5. The van der Waals surface area contributed by atoms with E-state index >= 15 is 0 Å². The van der Waals surface area contributed by atoms with Crippen LogP contribution in [0.3, 0.4) is 0 Å². The van der Waals surface area contributed by atoms with Gasteiger partial charge in [0.1, 0.15) is 22.9 Å². The van der Waals surface area contributed by atoms with E-state index in [9.17, 15) is 5.21 Å². The molecule has 5 rings (SSSR count). The Morgan fingerprint density at radius 1 is 1.06 bits per heavy atom. The summed E-state index contributed by atoms with van der Waals surface area (Å²) in [7, 11) is 3.36. The van der Waals surface area contributed by atoms with Crippen LogP contribution in [-0.4, -0.2) is 35.3 Å². The molecule has 31 heavy (non-hydrogen) atoms. The highest BCUT2D eigenvalue weighted by molar-refractivity contribution is 6.04. The molecule has 2 N–H and O–H groups in total.